The van der Waals surface area contributed by atoms with Crippen molar-refractivity contribution in [3.05, 3.63) is 89.0 Å². The number of nitrogens with one attached hydrogen (secondary N) is 3. The largest absolute Gasteiger partial charge is 0.494 e. The molecule has 3 aromatic carbocycles. The third-order valence-corrected chi connectivity index (χ3v) is 6.51. The third kappa shape index (κ3) is 6.63. The van der Waals surface area contributed by atoms with Crippen molar-refractivity contribution < 1.29 is 18.7 Å². The molecule has 3 N–H and O–H groups in total. The molecule has 39 heavy (non-hydrogen) atoms. The molecule has 10 heteroatoms. The Labute approximate surface area is 230 Å². The number of aromatic nitrogens is 2. The molecule has 8 nitrogen and oxygen atoms in total. The molecular weight excluding hydrogens is 521 g/mol. The summed E-state index contributed by atoms with van der Waals surface area (Å²) in [7, 11) is 1.53. The van der Waals surface area contributed by atoms with E-state index in [2.05, 4.69) is 25.9 Å². The zero-order valence-corrected chi connectivity index (χ0v) is 22.0. The third-order valence-electron chi connectivity index (χ3n) is 6.27. The summed E-state index contributed by atoms with van der Waals surface area (Å²) in [4.78, 5) is 21.4. The quantitative estimate of drug-likeness (QED) is 0.233. The SMILES string of the molecule is COc1cc2ncnc(Nc3ccc(OCc4cccc(Cl)c4)c(F)c3)c2cc1NC(=O)C=C1CCNCC1. The summed E-state index contributed by atoms with van der Waals surface area (Å²) in [5, 5.41) is 10.5. The van der Waals surface area contributed by atoms with Crippen molar-refractivity contribution in [2.75, 3.05) is 30.8 Å². The van der Waals surface area contributed by atoms with Gasteiger partial charge in [-0.1, -0.05) is 29.3 Å². The van der Waals surface area contributed by atoms with Crippen LogP contribution in [0.5, 0.6) is 11.5 Å². The maximum Gasteiger partial charge on any atom is 0.248 e. The average molecular weight is 548 g/mol. The number of halogens is 2. The van der Waals surface area contributed by atoms with Crippen LogP contribution in [0.15, 0.2) is 72.6 Å². The highest BCUT2D eigenvalue weighted by atomic mass is 35.5. The van der Waals surface area contributed by atoms with Crippen LogP contribution >= 0.6 is 11.6 Å². The molecule has 5 rings (SSSR count). The molecule has 1 aliphatic rings. The molecule has 1 amide bonds. The fourth-order valence-electron chi connectivity index (χ4n) is 4.32. The molecule has 200 valence electrons. The van der Waals surface area contributed by atoms with Crippen LogP contribution in [0, 0.1) is 5.82 Å². The molecule has 0 bridgehead atoms. The minimum atomic E-state index is -0.527. The van der Waals surface area contributed by atoms with Gasteiger partial charge in [0, 0.05) is 34.3 Å². The molecule has 1 saturated heterocycles. The molecule has 2 heterocycles. The number of anilines is 3. The Hall–Kier alpha value is -4.21. The number of nitrogens with zero attached hydrogens (tertiary/aromatic N) is 2. The van der Waals surface area contributed by atoms with Crippen LogP contribution < -0.4 is 25.4 Å². The Morgan fingerprint density at radius 3 is 2.72 bits per heavy atom. The van der Waals surface area contributed by atoms with Gasteiger partial charge in [0.1, 0.15) is 24.5 Å². The van der Waals surface area contributed by atoms with E-state index in [-0.39, 0.29) is 18.3 Å². The summed E-state index contributed by atoms with van der Waals surface area (Å²) in [6.45, 7) is 1.91. The van der Waals surface area contributed by atoms with Gasteiger partial charge in [0.05, 0.1) is 18.3 Å². The summed E-state index contributed by atoms with van der Waals surface area (Å²) >= 11 is 6.01. The standard InChI is InChI=1S/C29H27ClFN5O3/c1-38-27-15-24-22(14-25(27)36-28(37)12-18-7-9-32-10-8-18)29(34-17-33-24)35-21-5-6-26(23(31)13-21)39-16-19-3-2-4-20(30)11-19/h2-6,11-15,17,32H,7-10,16H2,1H3,(H,36,37)(H,33,34,35). The molecule has 0 saturated carbocycles. The Morgan fingerprint density at radius 1 is 1.10 bits per heavy atom. The predicted molar refractivity (Wildman–Crippen MR) is 150 cm³/mol. The minimum Gasteiger partial charge on any atom is -0.494 e. The van der Waals surface area contributed by atoms with Crippen LogP contribution in [0.2, 0.25) is 5.02 Å². The van der Waals surface area contributed by atoms with Gasteiger partial charge < -0.3 is 25.4 Å². The molecule has 1 aliphatic heterocycles. The number of carbonyl (C=O) groups excluding carboxylic acids is 1. The van der Waals surface area contributed by atoms with Crippen molar-refractivity contribution in [2.24, 2.45) is 0 Å². The molecule has 0 radical (unpaired) electrons. The number of hydrogen-bond acceptors (Lipinski definition) is 7. The second-order valence-electron chi connectivity index (χ2n) is 9.02. The van der Waals surface area contributed by atoms with Gasteiger partial charge in [-0.15, -0.1) is 0 Å². The Morgan fingerprint density at radius 2 is 1.95 bits per heavy atom. The van der Waals surface area contributed by atoms with Gasteiger partial charge in [-0.2, -0.15) is 0 Å². The molecule has 1 fully saturated rings. The van der Waals surface area contributed by atoms with E-state index in [9.17, 15) is 9.18 Å². The van der Waals surface area contributed by atoms with Gasteiger partial charge in [0.15, 0.2) is 11.6 Å². The first-order chi connectivity index (χ1) is 19.0. The Bertz CT molecular complexity index is 1540. The molecule has 0 atom stereocenters. The fraction of sp³-hybridized carbons (Fsp3) is 0.207. The van der Waals surface area contributed by atoms with Gasteiger partial charge >= 0.3 is 0 Å². The van der Waals surface area contributed by atoms with Crippen LogP contribution in [0.25, 0.3) is 10.9 Å². The lowest BCUT2D eigenvalue weighted by molar-refractivity contribution is -0.112. The first-order valence-electron chi connectivity index (χ1n) is 12.5. The number of benzene rings is 3. The van der Waals surface area contributed by atoms with Crippen LogP contribution in [0.1, 0.15) is 18.4 Å². The Kier molecular flexibility index (Phi) is 8.19. The number of hydrogen-bond donors (Lipinski definition) is 3. The summed E-state index contributed by atoms with van der Waals surface area (Å²) < 4.78 is 26.0. The first kappa shape index (κ1) is 26.4. The highest BCUT2D eigenvalue weighted by molar-refractivity contribution is 6.30. The number of rotatable bonds is 8. The molecule has 4 aromatic rings. The highest BCUT2D eigenvalue weighted by Crippen LogP contribution is 2.34. The molecule has 0 spiro atoms. The van der Waals surface area contributed by atoms with Crippen molar-refractivity contribution in [2.45, 2.75) is 19.4 Å². The smallest absolute Gasteiger partial charge is 0.248 e. The predicted octanol–water partition coefficient (Wildman–Crippen LogP) is 6.00. The van der Waals surface area contributed by atoms with Crippen LogP contribution in [0.4, 0.5) is 21.6 Å². The summed E-state index contributed by atoms with van der Waals surface area (Å²) in [5.74, 6) is 0.274. The highest BCUT2D eigenvalue weighted by Gasteiger charge is 2.14. The van der Waals surface area contributed by atoms with E-state index in [0.29, 0.717) is 38.9 Å². The average Bonchev–Trinajstić information content (AvgIpc) is 2.93. The fourth-order valence-corrected chi connectivity index (χ4v) is 4.53. The summed E-state index contributed by atoms with van der Waals surface area (Å²) in [6, 6.07) is 15.3. The second-order valence-corrected chi connectivity index (χ2v) is 9.46. The second kappa shape index (κ2) is 12.1. The van der Waals surface area contributed by atoms with E-state index in [1.807, 2.05) is 12.1 Å². The van der Waals surface area contributed by atoms with Crippen LogP contribution in [-0.4, -0.2) is 36.1 Å². The van der Waals surface area contributed by atoms with E-state index in [1.54, 1.807) is 42.5 Å². The van der Waals surface area contributed by atoms with Gasteiger partial charge in [-0.3, -0.25) is 4.79 Å². The molecule has 0 unspecified atom stereocenters. The molecular formula is C29H27ClFN5O3. The van der Waals surface area contributed by atoms with Crippen molar-refractivity contribution in [3.63, 3.8) is 0 Å². The van der Waals surface area contributed by atoms with Crippen molar-refractivity contribution in [3.8, 4) is 11.5 Å². The lowest BCUT2D eigenvalue weighted by atomic mass is 10.1. The summed E-state index contributed by atoms with van der Waals surface area (Å²) in [5.41, 5.74) is 3.48. The van der Waals surface area contributed by atoms with Crippen molar-refractivity contribution in [1.29, 1.82) is 0 Å². The van der Waals surface area contributed by atoms with Gasteiger partial charge in [0.25, 0.3) is 0 Å². The van der Waals surface area contributed by atoms with E-state index < -0.39 is 5.82 Å². The van der Waals surface area contributed by atoms with Gasteiger partial charge in [-0.05, 0) is 61.8 Å². The topological polar surface area (TPSA) is 97.4 Å². The molecule has 1 aromatic heterocycles. The monoisotopic (exact) mass is 547 g/mol. The first-order valence-corrected chi connectivity index (χ1v) is 12.8. The lowest BCUT2D eigenvalue weighted by Crippen LogP contribution is -2.24. The number of piperidine rings is 1. The minimum absolute atomic E-state index is 0.116. The van der Waals surface area contributed by atoms with E-state index >= 15 is 0 Å². The van der Waals surface area contributed by atoms with E-state index in [4.69, 9.17) is 21.1 Å². The van der Waals surface area contributed by atoms with Gasteiger partial charge in [-0.25, -0.2) is 14.4 Å². The number of amides is 1. The number of ether oxygens (including phenoxy) is 2. The number of fused-ring (bicyclic) bond motifs is 1. The number of carbonyl (C=O) groups is 1. The number of methoxy groups -OCH3 is 1. The van der Waals surface area contributed by atoms with Crippen LogP contribution in [-0.2, 0) is 11.4 Å². The van der Waals surface area contributed by atoms with Crippen molar-refractivity contribution >= 4 is 45.6 Å². The zero-order chi connectivity index (χ0) is 27.2. The Balaban J connectivity index is 1.35. The normalized spacial score (nSPS) is 13.2. The lowest BCUT2D eigenvalue weighted by Gasteiger charge is -2.16. The molecule has 0 aliphatic carbocycles. The zero-order valence-electron chi connectivity index (χ0n) is 21.3. The summed E-state index contributed by atoms with van der Waals surface area (Å²) in [6.07, 6.45) is 4.73. The van der Waals surface area contributed by atoms with E-state index in [0.717, 1.165) is 37.1 Å². The van der Waals surface area contributed by atoms with Crippen LogP contribution in [0.3, 0.4) is 0 Å². The van der Waals surface area contributed by atoms with E-state index in [1.165, 1.54) is 19.5 Å². The maximum atomic E-state index is 14.9. The maximum absolute atomic E-state index is 14.9. The van der Waals surface area contributed by atoms with Gasteiger partial charge in [0.2, 0.25) is 5.91 Å². The van der Waals surface area contributed by atoms with Crippen molar-refractivity contribution in [1.82, 2.24) is 15.3 Å².